The van der Waals surface area contributed by atoms with Crippen LogP contribution in [0.25, 0.3) is 0 Å². The van der Waals surface area contributed by atoms with E-state index >= 15 is 0 Å². The Hall–Kier alpha value is -0.980. The zero-order valence-electron chi connectivity index (χ0n) is 8.07. The normalized spacial score (nSPS) is 9.71. The summed E-state index contributed by atoms with van der Waals surface area (Å²) < 4.78 is 0. The van der Waals surface area contributed by atoms with E-state index in [4.69, 9.17) is 11.0 Å². The molecule has 2 N–H and O–H groups in total. The number of benzene rings is 1. The zero-order chi connectivity index (χ0) is 10.2. The first-order valence-electron chi connectivity index (χ1n) is 4.65. The number of rotatable bonds is 5. The number of hydrogen-bond donors (Lipinski definition) is 1. The molecule has 0 aliphatic carbocycles. The Morgan fingerprint density at radius 2 is 2.00 bits per heavy atom. The smallest absolute Gasteiger partial charge is 0.0622 e. The van der Waals surface area contributed by atoms with Gasteiger partial charge in [-0.05, 0) is 29.9 Å². The lowest BCUT2D eigenvalue weighted by Gasteiger charge is -2.01. The van der Waals surface area contributed by atoms with Crippen LogP contribution in [0.4, 0.5) is 0 Å². The van der Waals surface area contributed by atoms with Gasteiger partial charge in [-0.25, -0.2) is 0 Å². The number of nitriles is 1. The lowest BCUT2D eigenvalue weighted by Crippen LogP contribution is -1.94. The van der Waals surface area contributed by atoms with E-state index in [1.54, 1.807) is 11.8 Å². The summed E-state index contributed by atoms with van der Waals surface area (Å²) in [5.74, 6) is 1.01. The molecule has 0 aliphatic rings. The lowest BCUT2D eigenvalue weighted by atomic mass is 10.2. The number of hydrogen-bond acceptors (Lipinski definition) is 3. The summed E-state index contributed by atoms with van der Waals surface area (Å²) in [4.78, 5) is 1.25. The molecule has 0 bridgehead atoms. The third-order valence-electron chi connectivity index (χ3n) is 1.86. The van der Waals surface area contributed by atoms with Gasteiger partial charge in [-0.1, -0.05) is 12.1 Å². The molecule has 0 spiro atoms. The maximum Gasteiger partial charge on any atom is 0.0622 e. The molecule has 0 saturated carbocycles. The molecule has 0 atom stereocenters. The van der Waals surface area contributed by atoms with Crippen molar-refractivity contribution in [3.8, 4) is 6.07 Å². The minimum absolute atomic E-state index is 0.597. The molecule has 0 aromatic heterocycles. The highest BCUT2D eigenvalue weighted by atomic mass is 32.2. The van der Waals surface area contributed by atoms with Crippen LogP contribution in [0, 0.1) is 11.3 Å². The first-order chi connectivity index (χ1) is 6.86. The van der Waals surface area contributed by atoms with E-state index < -0.39 is 0 Å². The average Bonchev–Trinajstić information content (AvgIpc) is 2.25. The van der Waals surface area contributed by atoms with Crippen LogP contribution in [0.2, 0.25) is 0 Å². The molecule has 0 amide bonds. The molecular formula is C11H14N2S. The van der Waals surface area contributed by atoms with Gasteiger partial charge in [0.2, 0.25) is 0 Å². The summed E-state index contributed by atoms with van der Waals surface area (Å²) in [7, 11) is 0. The Labute approximate surface area is 89.1 Å². The second-order valence-electron chi connectivity index (χ2n) is 2.96. The molecule has 0 radical (unpaired) electrons. The van der Waals surface area contributed by atoms with Crippen molar-refractivity contribution < 1.29 is 0 Å². The van der Waals surface area contributed by atoms with Crippen LogP contribution in [-0.4, -0.2) is 5.75 Å². The van der Waals surface area contributed by atoms with Crippen molar-refractivity contribution in [3.63, 3.8) is 0 Å². The van der Waals surface area contributed by atoms with Crippen molar-refractivity contribution in [3.05, 3.63) is 29.8 Å². The molecular weight excluding hydrogens is 192 g/mol. The SMILES string of the molecule is N#CCCCSc1ccc(CN)cc1. The molecule has 1 aromatic carbocycles. The second kappa shape index (κ2) is 6.47. The summed E-state index contributed by atoms with van der Waals surface area (Å²) in [6, 6.07) is 10.4. The molecule has 0 fully saturated rings. The summed E-state index contributed by atoms with van der Waals surface area (Å²) in [6.07, 6.45) is 1.60. The van der Waals surface area contributed by atoms with Gasteiger partial charge in [0.05, 0.1) is 6.07 Å². The topological polar surface area (TPSA) is 49.8 Å². The minimum Gasteiger partial charge on any atom is -0.326 e. The van der Waals surface area contributed by atoms with Crippen LogP contribution in [0.5, 0.6) is 0 Å². The highest BCUT2D eigenvalue weighted by Crippen LogP contribution is 2.19. The van der Waals surface area contributed by atoms with Gasteiger partial charge >= 0.3 is 0 Å². The first-order valence-corrected chi connectivity index (χ1v) is 5.64. The predicted octanol–water partition coefficient (Wildman–Crippen LogP) is 2.54. The van der Waals surface area contributed by atoms with Gasteiger partial charge in [0.1, 0.15) is 0 Å². The van der Waals surface area contributed by atoms with Gasteiger partial charge in [0.15, 0.2) is 0 Å². The molecule has 0 aliphatic heterocycles. The lowest BCUT2D eigenvalue weighted by molar-refractivity contribution is 0.981. The van der Waals surface area contributed by atoms with Crippen LogP contribution in [0.1, 0.15) is 18.4 Å². The third-order valence-corrected chi connectivity index (χ3v) is 2.96. The summed E-state index contributed by atoms with van der Waals surface area (Å²) in [6.45, 7) is 0.597. The molecule has 2 nitrogen and oxygen atoms in total. The molecule has 74 valence electrons. The van der Waals surface area contributed by atoms with Crippen LogP contribution in [-0.2, 0) is 6.54 Å². The fourth-order valence-electron chi connectivity index (χ4n) is 1.06. The second-order valence-corrected chi connectivity index (χ2v) is 4.13. The van der Waals surface area contributed by atoms with E-state index in [0.29, 0.717) is 13.0 Å². The zero-order valence-corrected chi connectivity index (χ0v) is 8.89. The Balaban J connectivity index is 2.33. The highest BCUT2D eigenvalue weighted by molar-refractivity contribution is 7.99. The Morgan fingerprint density at radius 1 is 1.29 bits per heavy atom. The van der Waals surface area contributed by atoms with Gasteiger partial charge in [-0.2, -0.15) is 5.26 Å². The molecule has 1 rings (SSSR count). The quantitative estimate of drug-likeness (QED) is 0.595. The van der Waals surface area contributed by atoms with Crippen LogP contribution < -0.4 is 5.73 Å². The van der Waals surface area contributed by atoms with Crippen molar-refractivity contribution in [2.24, 2.45) is 5.73 Å². The van der Waals surface area contributed by atoms with Crippen LogP contribution >= 0.6 is 11.8 Å². The van der Waals surface area contributed by atoms with Crippen molar-refractivity contribution in [1.29, 1.82) is 5.26 Å². The van der Waals surface area contributed by atoms with Crippen molar-refractivity contribution >= 4 is 11.8 Å². The van der Waals surface area contributed by atoms with Crippen molar-refractivity contribution in [2.75, 3.05) is 5.75 Å². The summed E-state index contributed by atoms with van der Waals surface area (Å²) in [5.41, 5.74) is 6.66. The first kappa shape index (κ1) is 11.1. The van der Waals surface area contributed by atoms with Crippen LogP contribution in [0.15, 0.2) is 29.2 Å². The van der Waals surface area contributed by atoms with E-state index in [1.165, 1.54) is 4.90 Å². The van der Waals surface area contributed by atoms with E-state index in [0.717, 1.165) is 17.7 Å². The number of nitrogens with zero attached hydrogens (tertiary/aromatic N) is 1. The van der Waals surface area contributed by atoms with E-state index in [2.05, 4.69) is 18.2 Å². The molecule has 0 saturated heterocycles. The molecule has 3 heteroatoms. The van der Waals surface area contributed by atoms with E-state index in [-0.39, 0.29) is 0 Å². The average molecular weight is 206 g/mol. The van der Waals surface area contributed by atoms with E-state index in [9.17, 15) is 0 Å². The molecule has 14 heavy (non-hydrogen) atoms. The number of nitrogens with two attached hydrogens (primary N) is 1. The van der Waals surface area contributed by atoms with Crippen molar-refractivity contribution in [2.45, 2.75) is 24.3 Å². The van der Waals surface area contributed by atoms with Crippen molar-refractivity contribution in [1.82, 2.24) is 0 Å². The highest BCUT2D eigenvalue weighted by Gasteiger charge is 1.94. The Bertz CT molecular complexity index is 300. The fourth-order valence-corrected chi connectivity index (χ4v) is 1.92. The van der Waals surface area contributed by atoms with E-state index in [1.807, 2.05) is 12.1 Å². The van der Waals surface area contributed by atoms with Gasteiger partial charge in [0, 0.05) is 17.9 Å². The van der Waals surface area contributed by atoms with Gasteiger partial charge in [-0.3, -0.25) is 0 Å². The maximum atomic E-state index is 8.36. The molecule has 0 unspecified atom stereocenters. The summed E-state index contributed by atoms with van der Waals surface area (Å²) in [5, 5.41) is 8.36. The Kier molecular flexibility index (Phi) is 5.13. The largest absolute Gasteiger partial charge is 0.326 e. The molecule has 0 heterocycles. The van der Waals surface area contributed by atoms with Gasteiger partial charge < -0.3 is 5.73 Å². The number of thioether (sulfide) groups is 1. The molecule has 1 aromatic rings. The summed E-state index contributed by atoms with van der Waals surface area (Å²) >= 11 is 1.79. The minimum atomic E-state index is 0.597. The fraction of sp³-hybridized carbons (Fsp3) is 0.364. The maximum absolute atomic E-state index is 8.36. The standard InChI is InChI=1S/C11H14N2S/c12-7-1-2-8-14-11-5-3-10(9-13)4-6-11/h3-6H,1-2,8-9,13H2. The van der Waals surface area contributed by atoms with Gasteiger partial charge in [-0.15, -0.1) is 11.8 Å². The predicted molar refractivity (Wildman–Crippen MR) is 59.9 cm³/mol. The van der Waals surface area contributed by atoms with Crippen LogP contribution in [0.3, 0.4) is 0 Å². The number of unbranched alkanes of at least 4 members (excludes halogenated alkanes) is 1. The monoisotopic (exact) mass is 206 g/mol. The third kappa shape index (κ3) is 3.82. The Morgan fingerprint density at radius 3 is 2.57 bits per heavy atom. The van der Waals surface area contributed by atoms with Gasteiger partial charge in [0.25, 0.3) is 0 Å².